The highest BCUT2D eigenvalue weighted by atomic mass is 35.5. The van der Waals surface area contributed by atoms with Crippen molar-refractivity contribution >= 4 is 40.8 Å². The fourth-order valence-corrected chi connectivity index (χ4v) is 4.65. The van der Waals surface area contributed by atoms with E-state index in [-0.39, 0.29) is 29.3 Å². The minimum atomic E-state index is -0.312. The molecular formula is C23H28Cl2N6O2. The summed E-state index contributed by atoms with van der Waals surface area (Å²) in [6.45, 7) is 2.86. The van der Waals surface area contributed by atoms with Crippen LogP contribution in [0.1, 0.15) is 61.9 Å². The first-order valence-electron chi connectivity index (χ1n) is 11.2. The van der Waals surface area contributed by atoms with Crippen LogP contribution in [-0.4, -0.2) is 45.7 Å². The maximum absolute atomic E-state index is 12.7. The SMILES string of the molecule is CC(=N)c1c(NC2CCCCC2)nc(C2CN(C(=O)NCc3ccc(Cl)c(Cl)c3)C2)[nH]c1=O. The Balaban J connectivity index is 1.39. The summed E-state index contributed by atoms with van der Waals surface area (Å²) in [7, 11) is 0. The van der Waals surface area contributed by atoms with Crippen molar-refractivity contribution in [3.8, 4) is 0 Å². The number of hydrogen-bond acceptors (Lipinski definition) is 5. The molecule has 4 N–H and O–H groups in total. The third-order valence-corrected chi connectivity index (χ3v) is 6.98. The fourth-order valence-electron chi connectivity index (χ4n) is 4.33. The molecule has 0 radical (unpaired) electrons. The van der Waals surface area contributed by atoms with Crippen LogP contribution in [0.4, 0.5) is 10.6 Å². The smallest absolute Gasteiger partial charge is 0.317 e. The number of urea groups is 1. The Morgan fingerprint density at radius 3 is 2.61 bits per heavy atom. The summed E-state index contributed by atoms with van der Waals surface area (Å²) in [6, 6.07) is 5.32. The second-order valence-corrected chi connectivity index (χ2v) is 9.60. The molecule has 1 aromatic heterocycles. The van der Waals surface area contributed by atoms with E-state index in [1.54, 1.807) is 24.0 Å². The Kier molecular flexibility index (Phi) is 7.24. The minimum Gasteiger partial charge on any atom is -0.367 e. The summed E-state index contributed by atoms with van der Waals surface area (Å²) in [4.78, 5) is 34.4. The molecule has 8 nitrogen and oxygen atoms in total. The molecule has 10 heteroatoms. The number of carbonyl (C=O) groups is 1. The van der Waals surface area contributed by atoms with Crippen molar-refractivity contribution in [2.24, 2.45) is 0 Å². The summed E-state index contributed by atoms with van der Waals surface area (Å²) in [5.74, 6) is 0.980. The van der Waals surface area contributed by atoms with E-state index < -0.39 is 0 Å². The van der Waals surface area contributed by atoms with E-state index in [2.05, 4.69) is 20.6 Å². The number of amides is 2. The van der Waals surface area contributed by atoms with E-state index in [1.807, 2.05) is 6.07 Å². The minimum absolute atomic E-state index is 0.0552. The Labute approximate surface area is 202 Å². The van der Waals surface area contributed by atoms with Crippen LogP contribution in [0.3, 0.4) is 0 Å². The average Bonchev–Trinajstić information content (AvgIpc) is 2.74. The lowest BCUT2D eigenvalue weighted by Gasteiger charge is -2.38. The van der Waals surface area contributed by atoms with Crippen molar-refractivity contribution in [1.29, 1.82) is 5.41 Å². The van der Waals surface area contributed by atoms with Crippen molar-refractivity contribution in [2.45, 2.75) is 57.5 Å². The van der Waals surface area contributed by atoms with Gasteiger partial charge in [-0.2, -0.15) is 0 Å². The summed E-state index contributed by atoms with van der Waals surface area (Å²) >= 11 is 12.0. The number of carbonyl (C=O) groups excluding carboxylic acids is 1. The lowest BCUT2D eigenvalue weighted by molar-refractivity contribution is 0.148. The first-order valence-corrected chi connectivity index (χ1v) is 12.0. The number of hydrogen-bond donors (Lipinski definition) is 4. The van der Waals surface area contributed by atoms with Crippen molar-refractivity contribution in [2.75, 3.05) is 18.4 Å². The second-order valence-electron chi connectivity index (χ2n) is 8.79. The van der Waals surface area contributed by atoms with E-state index in [4.69, 9.17) is 28.6 Å². The molecule has 2 amide bonds. The molecule has 1 aromatic carbocycles. The van der Waals surface area contributed by atoms with Gasteiger partial charge in [-0.25, -0.2) is 9.78 Å². The van der Waals surface area contributed by atoms with Gasteiger partial charge in [-0.05, 0) is 37.5 Å². The molecule has 1 aliphatic heterocycles. The number of nitrogens with zero attached hydrogens (tertiary/aromatic N) is 2. The molecule has 2 aliphatic rings. The van der Waals surface area contributed by atoms with Gasteiger partial charge in [0.1, 0.15) is 17.2 Å². The quantitative estimate of drug-likeness (QED) is 0.445. The molecule has 0 atom stereocenters. The number of anilines is 1. The summed E-state index contributed by atoms with van der Waals surface area (Å²) in [5.41, 5.74) is 1.02. The molecular weight excluding hydrogens is 463 g/mol. The third-order valence-electron chi connectivity index (χ3n) is 6.24. The van der Waals surface area contributed by atoms with Gasteiger partial charge >= 0.3 is 6.03 Å². The number of aromatic nitrogens is 2. The van der Waals surface area contributed by atoms with Gasteiger partial charge in [0.05, 0.1) is 16.0 Å². The Hall–Kier alpha value is -2.58. The summed E-state index contributed by atoms with van der Waals surface area (Å²) < 4.78 is 0. The number of likely N-dealkylation sites (tertiary alicyclic amines) is 1. The van der Waals surface area contributed by atoms with Crippen LogP contribution in [0.15, 0.2) is 23.0 Å². The zero-order valence-corrected chi connectivity index (χ0v) is 20.0. The zero-order chi connectivity index (χ0) is 23.5. The molecule has 1 saturated carbocycles. The number of benzene rings is 1. The van der Waals surface area contributed by atoms with E-state index >= 15 is 0 Å². The van der Waals surface area contributed by atoms with Crippen LogP contribution in [0.5, 0.6) is 0 Å². The Morgan fingerprint density at radius 2 is 1.94 bits per heavy atom. The number of halogens is 2. The zero-order valence-electron chi connectivity index (χ0n) is 18.5. The lowest BCUT2D eigenvalue weighted by atomic mass is 9.95. The van der Waals surface area contributed by atoms with Gasteiger partial charge < -0.3 is 25.9 Å². The van der Waals surface area contributed by atoms with Crippen LogP contribution in [0.25, 0.3) is 0 Å². The van der Waals surface area contributed by atoms with E-state index in [0.29, 0.717) is 46.9 Å². The molecule has 2 aromatic rings. The molecule has 176 valence electrons. The second kappa shape index (κ2) is 10.1. The predicted octanol–water partition coefficient (Wildman–Crippen LogP) is 4.52. The maximum Gasteiger partial charge on any atom is 0.317 e. The molecule has 0 spiro atoms. The first-order chi connectivity index (χ1) is 15.8. The molecule has 0 unspecified atom stereocenters. The molecule has 4 rings (SSSR count). The normalized spacial score (nSPS) is 16.9. The van der Waals surface area contributed by atoms with Gasteiger partial charge in [-0.15, -0.1) is 0 Å². The number of nitrogens with one attached hydrogen (secondary N) is 4. The predicted molar refractivity (Wildman–Crippen MR) is 131 cm³/mol. The number of aromatic amines is 1. The van der Waals surface area contributed by atoms with Gasteiger partial charge in [0, 0.05) is 31.4 Å². The standard InChI is InChI=1S/C23H28Cl2N6O2/c1-13(26)19-21(28-16-5-3-2-4-6-16)29-20(30-22(19)32)15-11-31(12-15)23(33)27-10-14-7-8-17(24)18(25)9-14/h7-9,15-16,26H,2-6,10-12H2,1H3,(H,27,33)(H2,28,29,30,32). The Bertz CT molecular complexity index is 1110. The topological polar surface area (TPSA) is 114 Å². The van der Waals surface area contributed by atoms with Crippen LogP contribution >= 0.6 is 23.2 Å². The highest BCUT2D eigenvalue weighted by Crippen LogP contribution is 2.27. The van der Waals surface area contributed by atoms with Gasteiger partial charge in [0.25, 0.3) is 5.56 Å². The van der Waals surface area contributed by atoms with E-state index in [1.165, 1.54) is 6.42 Å². The van der Waals surface area contributed by atoms with Crippen molar-refractivity contribution in [3.63, 3.8) is 0 Å². The van der Waals surface area contributed by atoms with Crippen LogP contribution in [-0.2, 0) is 6.54 Å². The first kappa shape index (κ1) is 23.6. The highest BCUT2D eigenvalue weighted by Gasteiger charge is 2.34. The lowest BCUT2D eigenvalue weighted by Crippen LogP contribution is -2.53. The van der Waals surface area contributed by atoms with Gasteiger partial charge in [0.15, 0.2) is 0 Å². The van der Waals surface area contributed by atoms with Crippen LogP contribution in [0, 0.1) is 5.41 Å². The Morgan fingerprint density at radius 1 is 1.21 bits per heavy atom. The number of rotatable bonds is 6. The molecule has 2 heterocycles. The van der Waals surface area contributed by atoms with Gasteiger partial charge in [-0.3, -0.25) is 4.79 Å². The largest absolute Gasteiger partial charge is 0.367 e. The van der Waals surface area contributed by atoms with Gasteiger partial charge in [0.2, 0.25) is 0 Å². The van der Waals surface area contributed by atoms with E-state index in [0.717, 1.165) is 31.2 Å². The maximum atomic E-state index is 12.7. The number of H-pyrrole nitrogens is 1. The summed E-state index contributed by atoms with van der Waals surface area (Å²) in [5, 5.41) is 15.2. The molecule has 2 fully saturated rings. The van der Waals surface area contributed by atoms with Gasteiger partial charge in [-0.1, -0.05) is 48.5 Å². The molecule has 1 saturated heterocycles. The molecule has 1 aliphatic carbocycles. The average molecular weight is 491 g/mol. The van der Waals surface area contributed by atoms with Crippen molar-refractivity contribution < 1.29 is 4.79 Å². The highest BCUT2D eigenvalue weighted by molar-refractivity contribution is 6.42. The summed E-state index contributed by atoms with van der Waals surface area (Å²) in [6.07, 6.45) is 5.61. The van der Waals surface area contributed by atoms with Crippen molar-refractivity contribution in [1.82, 2.24) is 20.2 Å². The molecule has 0 bridgehead atoms. The monoisotopic (exact) mass is 490 g/mol. The van der Waals surface area contributed by atoms with Crippen LogP contribution in [0.2, 0.25) is 10.0 Å². The van der Waals surface area contributed by atoms with Crippen molar-refractivity contribution in [3.05, 3.63) is 55.5 Å². The third kappa shape index (κ3) is 5.50. The van der Waals surface area contributed by atoms with E-state index in [9.17, 15) is 9.59 Å². The van der Waals surface area contributed by atoms with Crippen LogP contribution < -0.4 is 16.2 Å². The fraction of sp³-hybridized carbons (Fsp3) is 0.478. The molecule has 33 heavy (non-hydrogen) atoms.